The second kappa shape index (κ2) is 4.71. The van der Waals surface area contributed by atoms with Crippen molar-refractivity contribution in [1.29, 1.82) is 0 Å². The molecule has 1 unspecified atom stereocenters. The fourth-order valence-corrected chi connectivity index (χ4v) is 3.00. The first-order valence-electron chi connectivity index (χ1n) is 6.07. The number of aryl methyl sites for hydroxylation is 2. The van der Waals surface area contributed by atoms with Crippen LogP contribution in [-0.2, 0) is 13.0 Å². The summed E-state index contributed by atoms with van der Waals surface area (Å²) in [5.41, 5.74) is 2.26. The minimum atomic E-state index is -0.293. The molecule has 3 rings (SSSR count). The van der Waals surface area contributed by atoms with Gasteiger partial charge in [-0.15, -0.1) is 11.3 Å². The van der Waals surface area contributed by atoms with E-state index < -0.39 is 0 Å². The van der Waals surface area contributed by atoms with Gasteiger partial charge in [-0.2, -0.15) is 0 Å². The Morgan fingerprint density at radius 3 is 3.17 bits per heavy atom. The van der Waals surface area contributed by atoms with Crippen molar-refractivity contribution in [2.45, 2.75) is 32.5 Å². The molecule has 0 bridgehead atoms. The summed E-state index contributed by atoms with van der Waals surface area (Å²) in [6.07, 6.45) is 3.33. The fourth-order valence-electron chi connectivity index (χ4n) is 2.29. The highest BCUT2D eigenvalue weighted by Crippen LogP contribution is 2.33. The van der Waals surface area contributed by atoms with E-state index >= 15 is 0 Å². The molecule has 3 nitrogen and oxygen atoms in total. The number of thiazole rings is 1. The molecule has 1 atom stereocenters. The number of ether oxygens (including phenoxy) is 1. The Labute approximate surface area is 110 Å². The van der Waals surface area contributed by atoms with Crippen LogP contribution in [0.15, 0.2) is 24.4 Å². The zero-order valence-electron chi connectivity index (χ0n) is 10.2. The van der Waals surface area contributed by atoms with E-state index in [0.29, 0.717) is 6.61 Å². The average molecular weight is 261 g/mol. The summed E-state index contributed by atoms with van der Waals surface area (Å²) >= 11 is 1.66. The van der Waals surface area contributed by atoms with Gasteiger partial charge in [0.25, 0.3) is 0 Å². The SMILES string of the molecule is Cc1ncc(COc2ccc3c(c2)CCC3O)s1. The lowest BCUT2D eigenvalue weighted by Crippen LogP contribution is -1.95. The van der Waals surface area contributed by atoms with Gasteiger partial charge in [-0.1, -0.05) is 6.07 Å². The van der Waals surface area contributed by atoms with E-state index in [1.54, 1.807) is 11.3 Å². The summed E-state index contributed by atoms with van der Waals surface area (Å²) in [6.45, 7) is 2.55. The van der Waals surface area contributed by atoms with Gasteiger partial charge >= 0.3 is 0 Å². The third kappa shape index (κ3) is 2.26. The van der Waals surface area contributed by atoms with Crippen LogP contribution in [0.5, 0.6) is 5.75 Å². The summed E-state index contributed by atoms with van der Waals surface area (Å²) in [4.78, 5) is 5.33. The van der Waals surface area contributed by atoms with Crippen molar-refractivity contribution in [3.8, 4) is 5.75 Å². The molecule has 0 saturated carbocycles. The summed E-state index contributed by atoms with van der Waals surface area (Å²) < 4.78 is 5.75. The molecule has 0 fully saturated rings. The van der Waals surface area contributed by atoms with Crippen LogP contribution >= 0.6 is 11.3 Å². The van der Waals surface area contributed by atoms with Gasteiger partial charge in [0.2, 0.25) is 0 Å². The van der Waals surface area contributed by atoms with Crippen LogP contribution in [0.3, 0.4) is 0 Å². The minimum absolute atomic E-state index is 0.293. The van der Waals surface area contributed by atoms with E-state index in [1.807, 2.05) is 31.3 Å². The number of hydrogen-bond donors (Lipinski definition) is 1. The maximum absolute atomic E-state index is 9.74. The van der Waals surface area contributed by atoms with Crippen molar-refractivity contribution in [3.05, 3.63) is 45.4 Å². The lowest BCUT2D eigenvalue weighted by atomic mass is 10.1. The van der Waals surface area contributed by atoms with Crippen LogP contribution in [0.25, 0.3) is 0 Å². The van der Waals surface area contributed by atoms with Crippen LogP contribution in [-0.4, -0.2) is 10.1 Å². The quantitative estimate of drug-likeness (QED) is 0.923. The van der Waals surface area contributed by atoms with Crippen molar-refractivity contribution in [2.75, 3.05) is 0 Å². The van der Waals surface area contributed by atoms with Crippen LogP contribution in [0.2, 0.25) is 0 Å². The monoisotopic (exact) mass is 261 g/mol. The van der Waals surface area contributed by atoms with Gasteiger partial charge in [-0.3, -0.25) is 0 Å². The Morgan fingerprint density at radius 1 is 1.50 bits per heavy atom. The van der Waals surface area contributed by atoms with Gasteiger partial charge in [0, 0.05) is 6.20 Å². The molecule has 0 aliphatic heterocycles. The number of rotatable bonds is 3. The summed E-state index contributed by atoms with van der Waals surface area (Å²) in [5.74, 6) is 0.869. The first-order valence-corrected chi connectivity index (χ1v) is 6.89. The van der Waals surface area contributed by atoms with E-state index in [1.165, 1.54) is 5.56 Å². The third-order valence-corrected chi connectivity index (χ3v) is 4.10. The highest BCUT2D eigenvalue weighted by Gasteiger charge is 2.20. The Balaban J connectivity index is 1.70. The molecule has 0 saturated heterocycles. The Hall–Kier alpha value is -1.39. The van der Waals surface area contributed by atoms with Crippen molar-refractivity contribution in [2.24, 2.45) is 0 Å². The van der Waals surface area contributed by atoms with Gasteiger partial charge in [-0.05, 0) is 43.0 Å². The molecule has 1 aliphatic rings. The van der Waals surface area contributed by atoms with Crippen LogP contribution in [0.1, 0.15) is 33.5 Å². The number of fused-ring (bicyclic) bond motifs is 1. The standard InChI is InChI=1S/C14H15NO2S/c1-9-15-7-12(18-9)8-17-11-3-4-13-10(6-11)2-5-14(13)16/h3-4,6-7,14,16H,2,5,8H2,1H3. The van der Waals surface area contributed by atoms with E-state index in [-0.39, 0.29) is 6.10 Å². The molecule has 1 aromatic heterocycles. The number of aliphatic hydroxyl groups excluding tert-OH is 1. The van der Waals surface area contributed by atoms with Gasteiger partial charge < -0.3 is 9.84 Å². The Morgan fingerprint density at radius 2 is 2.39 bits per heavy atom. The van der Waals surface area contributed by atoms with Crippen LogP contribution in [0, 0.1) is 6.92 Å². The normalized spacial score (nSPS) is 17.8. The molecule has 1 aliphatic carbocycles. The number of benzene rings is 1. The molecule has 0 spiro atoms. The van der Waals surface area contributed by atoms with Crippen molar-refractivity contribution >= 4 is 11.3 Å². The number of aromatic nitrogens is 1. The van der Waals surface area contributed by atoms with E-state index in [9.17, 15) is 5.11 Å². The molecule has 0 amide bonds. The van der Waals surface area contributed by atoms with Gasteiger partial charge in [0.1, 0.15) is 12.4 Å². The Bertz CT molecular complexity index is 565. The molecule has 0 radical (unpaired) electrons. The average Bonchev–Trinajstić information content (AvgIpc) is 2.94. The smallest absolute Gasteiger partial charge is 0.124 e. The molecule has 2 aromatic rings. The molecular formula is C14H15NO2S. The van der Waals surface area contributed by atoms with Crippen LogP contribution in [0.4, 0.5) is 0 Å². The van der Waals surface area contributed by atoms with Crippen molar-refractivity contribution in [3.63, 3.8) is 0 Å². The lowest BCUT2D eigenvalue weighted by Gasteiger charge is -2.08. The fraction of sp³-hybridized carbons (Fsp3) is 0.357. The molecule has 1 heterocycles. The first-order chi connectivity index (χ1) is 8.72. The highest BCUT2D eigenvalue weighted by atomic mass is 32.1. The number of aliphatic hydroxyl groups is 1. The topological polar surface area (TPSA) is 42.4 Å². The maximum Gasteiger partial charge on any atom is 0.124 e. The van der Waals surface area contributed by atoms with Gasteiger partial charge in [-0.25, -0.2) is 4.98 Å². The predicted octanol–water partition coefficient (Wildman–Crippen LogP) is 3.01. The van der Waals surface area contributed by atoms with E-state index in [4.69, 9.17) is 4.74 Å². The van der Waals surface area contributed by atoms with Crippen molar-refractivity contribution < 1.29 is 9.84 Å². The maximum atomic E-state index is 9.74. The van der Waals surface area contributed by atoms with E-state index in [2.05, 4.69) is 4.98 Å². The molecular weight excluding hydrogens is 246 g/mol. The molecule has 94 valence electrons. The molecule has 1 N–H and O–H groups in total. The van der Waals surface area contributed by atoms with Gasteiger partial charge in [0.15, 0.2) is 0 Å². The molecule has 4 heteroatoms. The van der Waals surface area contributed by atoms with E-state index in [0.717, 1.165) is 34.0 Å². The Kier molecular flexibility index (Phi) is 3.06. The predicted molar refractivity (Wildman–Crippen MR) is 70.9 cm³/mol. The minimum Gasteiger partial charge on any atom is -0.488 e. The van der Waals surface area contributed by atoms with Crippen molar-refractivity contribution in [1.82, 2.24) is 4.98 Å². The summed E-state index contributed by atoms with van der Waals surface area (Å²) in [7, 11) is 0. The zero-order valence-corrected chi connectivity index (χ0v) is 11.0. The summed E-state index contributed by atoms with van der Waals surface area (Å²) in [5, 5.41) is 10.8. The van der Waals surface area contributed by atoms with Gasteiger partial charge in [0.05, 0.1) is 16.0 Å². The van der Waals surface area contributed by atoms with Crippen LogP contribution < -0.4 is 4.74 Å². The second-order valence-electron chi connectivity index (χ2n) is 4.55. The first kappa shape index (κ1) is 11.7. The zero-order chi connectivity index (χ0) is 12.5. The summed E-state index contributed by atoms with van der Waals surface area (Å²) in [6, 6.07) is 5.95. The molecule has 1 aromatic carbocycles. The highest BCUT2D eigenvalue weighted by molar-refractivity contribution is 7.11. The molecule has 18 heavy (non-hydrogen) atoms. The second-order valence-corrected chi connectivity index (χ2v) is 5.87. The number of hydrogen-bond acceptors (Lipinski definition) is 4. The third-order valence-electron chi connectivity index (χ3n) is 3.21. The largest absolute Gasteiger partial charge is 0.488 e. The lowest BCUT2D eigenvalue weighted by molar-refractivity contribution is 0.180. The number of nitrogens with zero attached hydrogens (tertiary/aromatic N) is 1.